The maximum atomic E-state index is 11.4. The van der Waals surface area contributed by atoms with Crippen LogP contribution in [0.25, 0.3) is 0 Å². The van der Waals surface area contributed by atoms with Crippen LogP contribution in [0.2, 0.25) is 0 Å². The van der Waals surface area contributed by atoms with E-state index in [0.717, 1.165) is 23.4 Å². The lowest BCUT2D eigenvalue weighted by molar-refractivity contribution is 0.0696. The van der Waals surface area contributed by atoms with Gasteiger partial charge in [-0.05, 0) is 48.6 Å². The first-order chi connectivity index (χ1) is 11.2. The standard InChI is InChI=1S/C19H18N2O2/c1-11-12(19(22)23)8-9-15-13-5-4-6-14(13)18(21-17(11)15)16-7-2-3-10-20-16/h2-5,7-10,13-14,18,21H,6H2,1H3,(H,22,23)/t13-,14-,18-/m0/s1. The third kappa shape index (κ3) is 2.13. The predicted octanol–water partition coefficient (Wildman–Crippen LogP) is 3.91. The number of carboxylic acid groups (broad SMARTS) is 1. The van der Waals surface area contributed by atoms with Crippen LogP contribution >= 0.6 is 0 Å². The molecule has 0 fully saturated rings. The van der Waals surface area contributed by atoms with Crippen molar-refractivity contribution in [2.75, 3.05) is 5.32 Å². The maximum Gasteiger partial charge on any atom is 0.336 e. The third-order valence-corrected chi connectivity index (χ3v) is 5.03. The van der Waals surface area contributed by atoms with Crippen LogP contribution in [-0.4, -0.2) is 16.1 Å². The largest absolute Gasteiger partial charge is 0.478 e. The van der Waals surface area contributed by atoms with Crippen molar-refractivity contribution >= 4 is 11.7 Å². The van der Waals surface area contributed by atoms with Crippen LogP contribution in [0.5, 0.6) is 0 Å². The van der Waals surface area contributed by atoms with Crippen molar-refractivity contribution in [1.82, 2.24) is 4.98 Å². The smallest absolute Gasteiger partial charge is 0.336 e. The van der Waals surface area contributed by atoms with Crippen molar-refractivity contribution in [2.24, 2.45) is 5.92 Å². The Morgan fingerprint density at radius 2 is 2.17 bits per heavy atom. The maximum absolute atomic E-state index is 11.4. The number of nitrogens with one attached hydrogen (secondary N) is 1. The number of anilines is 1. The molecule has 2 N–H and O–H groups in total. The Bertz CT molecular complexity index is 799. The van der Waals surface area contributed by atoms with E-state index in [1.807, 2.05) is 37.4 Å². The van der Waals surface area contributed by atoms with Gasteiger partial charge in [0.15, 0.2) is 0 Å². The first-order valence-electron chi connectivity index (χ1n) is 7.87. The molecule has 0 spiro atoms. The Kier molecular flexibility index (Phi) is 3.18. The fourth-order valence-electron chi connectivity index (χ4n) is 3.90. The molecule has 1 aromatic carbocycles. The Balaban J connectivity index is 1.85. The number of hydrogen-bond acceptors (Lipinski definition) is 3. The first kappa shape index (κ1) is 14.0. The molecule has 1 aliphatic carbocycles. The van der Waals surface area contributed by atoms with E-state index in [1.165, 1.54) is 5.56 Å². The second-order valence-electron chi connectivity index (χ2n) is 6.24. The van der Waals surface area contributed by atoms with Gasteiger partial charge in [0.25, 0.3) is 0 Å². The molecule has 0 radical (unpaired) electrons. The minimum Gasteiger partial charge on any atom is -0.478 e. The van der Waals surface area contributed by atoms with Crippen LogP contribution in [0, 0.1) is 12.8 Å². The number of aromatic nitrogens is 1. The molecule has 4 nitrogen and oxygen atoms in total. The molecule has 0 amide bonds. The summed E-state index contributed by atoms with van der Waals surface area (Å²) in [6.07, 6.45) is 7.30. The monoisotopic (exact) mass is 306 g/mol. The number of fused-ring (bicyclic) bond motifs is 3. The number of carbonyl (C=O) groups is 1. The van der Waals surface area contributed by atoms with Crippen molar-refractivity contribution in [1.29, 1.82) is 0 Å². The highest BCUT2D eigenvalue weighted by Gasteiger charge is 2.39. The van der Waals surface area contributed by atoms with Crippen molar-refractivity contribution in [3.05, 3.63) is 71.1 Å². The number of pyridine rings is 1. The number of hydrogen-bond donors (Lipinski definition) is 2. The van der Waals surface area contributed by atoms with Gasteiger partial charge in [-0.3, -0.25) is 4.98 Å². The summed E-state index contributed by atoms with van der Waals surface area (Å²) < 4.78 is 0. The SMILES string of the molecule is Cc1c(C(=O)O)ccc2c1N[C@H](c1ccccn1)[C@H]1CC=C[C@H]21. The third-order valence-electron chi connectivity index (χ3n) is 5.03. The van der Waals surface area contributed by atoms with E-state index in [1.54, 1.807) is 6.07 Å². The van der Waals surface area contributed by atoms with E-state index in [9.17, 15) is 9.90 Å². The minimum absolute atomic E-state index is 0.103. The van der Waals surface area contributed by atoms with Crippen molar-refractivity contribution in [3.8, 4) is 0 Å². The normalized spacial score (nSPS) is 24.7. The number of nitrogens with zero attached hydrogens (tertiary/aromatic N) is 1. The Morgan fingerprint density at radius 3 is 2.91 bits per heavy atom. The van der Waals surface area contributed by atoms with E-state index >= 15 is 0 Å². The van der Waals surface area contributed by atoms with Gasteiger partial charge in [-0.15, -0.1) is 0 Å². The van der Waals surface area contributed by atoms with Gasteiger partial charge < -0.3 is 10.4 Å². The Hall–Kier alpha value is -2.62. The predicted molar refractivity (Wildman–Crippen MR) is 88.7 cm³/mol. The van der Waals surface area contributed by atoms with E-state index in [4.69, 9.17) is 0 Å². The van der Waals surface area contributed by atoms with Gasteiger partial charge in [0, 0.05) is 17.8 Å². The summed E-state index contributed by atoms with van der Waals surface area (Å²) in [6.45, 7) is 1.88. The van der Waals surface area contributed by atoms with E-state index in [2.05, 4.69) is 22.5 Å². The van der Waals surface area contributed by atoms with Crippen LogP contribution in [-0.2, 0) is 0 Å². The second-order valence-corrected chi connectivity index (χ2v) is 6.24. The molecule has 1 aromatic heterocycles. The van der Waals surface area contributed by atoms with Gasteiger partial charge >= 0.3 is 5.97 Å². The number of aromatic carboxylic acids is 1. The van der Waals surface area contributed by atoms with E-state index < -0.39 is 5.97 Å². The summed E-state index contributed by atoms with van der Waals surface area (Å²) in [4.78, 5) is 15.9. The van der Waals surface area contributed by atoms with Crippen LogP contribution in [0.3, 0.4) is 0 Å². The second kappa shape index (κ2) is 5.23. The number of carboxylic acids is 1. The molecule has 23 heavy (non-hydrogen) atoms. The molecular weight excluding hydrogens is 288 g/mol. The van der Waals surface area contributed by atoms with Gasteiger partial charge in [0.2, 0.25) is 0 Å². The summed E-state index contributed by atoms with van der Waals surface area (Å²) >= 11 is 0. The molecule has 1 aliphatic heterocycles. The van der Waals surface area contributed by atoms with Crippen LogP contribution in [0.15, 0.2) is 48.7 Å². The molecule has 0 saturated carbocycles. The lowest BCUT2D eigenvalue weighted by atomic mass is 9.77. The molecule has 4 rings (SSSR count). The fraction of sp³-hybridized carbons (Fsp3) is 0.263. The summed E-state index contributed by atoms with van der Waals surface area (Å²) in [5, 5.41) is 13.0. The highest BCUT2D eigenvalue weighted by Crippen LogP contribution is 2.50. The van der Waals surface area contributed by atoms with Gasteiger partial charge in [0.1, 0.15) is 0 Å². The zero-order valence-corrected chi connectivity index (χ0v) is 12.9. The van der Waals surface area contributed by atoms with Crippen LogP contribution < -0.4 is 5.32 Å². The van der Waals surface area contributed by atoms with Gasteiger partial charge in [-0.25, -0.2) is 4.79 Å². The molecule has 0 bridgehead atoms. The van der Waals surface area contributed by atoms with Crippen molar-refractivity contribution in [3.63, 3.8) is 0 Å². The van der Waals surface area contributed by atoms with Gasteiger partial charge in [-0.2, -0.15) is 0 Å². The molecular formula is C19H18N2O2. The average Bonchev–Trinajstić information content (AvgIpc) is 3.05. The molecule has 3 atom stereocenters. The van der Waals surface area contributed by atoms with Gasteiger partial charge in [0.05, 0.1) is 17.3 Å². The van der Waals surface area contributed by atoms with Crippen molar-refractivity contribution in [2.45, 2.75) is 25.3 Å². The highest BCUT2D eigenvalue weighted by atomic mass is 16.4. The summed E-state index contributed by atoms with van der Waals surface area (Å²) in [6, 6.07) is 9.74. The zero-order valence-electron chi connectivity index (χ0n) is 12.9. The number of allylic oxidation sites excluding steroid dienone is 2. The minimum atomic E-state index is -0.884. The highest BCUT2D eigenvalue weighted by molar-refractivity contribution is 5.92. The molecule has 0 saturated heterocycles. The van der Waals surface area contributed by atoms with E-state index in [-0.39, 0.29) is 6.04 Å². The lowest BCUT2D eigenvalue weighted by Crippen LogP contribution is -2.30. The first-order valence-corrected chi connectivity index (χ1v) is 7.87. The molecule has 0 unspecified atom stereocenters. The summed E-state index contributed by atoms with van der Waals surface area (Å²) in [5.41, 5.74) is 4.31. The van der Waals surface area contributed by atoms with Crippen LogP contribution in [0.4, 0.5) is 5.69 Å². The molecule has 2 heterocycles. The number of rotatable bonds is 2. The molecule has 2 aromatic rings. The molecule has 116 valence electrons. The van der Waals surface area contributed by atoms with E-state index in [0.29, 0.717) is 17.4 Å². The fourth-order valence-corrected chi connectivity index (χ4v) is 3.90. The summed E-state index contributed by atoms with van der Waals surface area (Å²) in [7, 11) is 0. The quantitative estimate of drug-likeness (QED) is 0.826. The topological polar surface area (TPSA) is 62.2 Å². The van der Waals surface area contributed by atoms with Crippen LogP contribution in [0.1, 0.15) is 45.6 Å². The van der Waals surface area contributed by atoms with Crippen molar-refractivity contribution < 1.29 is 9.90 Å². The average molecular weight is 306 g/mol. The lowest BCUT2D eigenvalue weighted by Gasteiger charge is -2.38. The zero-order chi connectivity index (χ0) is 16.0. The number of benzene rings is 1. The Labute approximate surface area is 134 Å². The molecule has 2 aliphatic rings. The Morgan fingerprint density at radius 1 is 1.30 bits per heavy atom. The summed E-state index contributed by atoms with van der Waals surface area (Å²) in [5.74, 6) is -0.141. The molecule has 4 heteroatoms. The van der Waals surface area contributed by atoms with Gasteiger partial charge in [-0.1, -0.05) is 24.3 Å².